The van der Waals surface area contributed by atoms with E-state index in [9.17, 15) is 14.9 Å². The number of aromatic nitrogens is 2. The number of nitrogens with zero attached hydrogens (tertiary/aromatic N) is 3. The highest BCUT2D eigenvalue weighted by Gasteiger charge is 2.18. The Balaban J connectivity index is 1.70. The van der Waals surface area contributed by atoms with Gasteiger partial charge in [-0.1, -0.05) is 12.1 Å². The van der Waals surface area contributed by atoms with Crippen molar-refractivity contribution >= 4 is 22.9 Å². The van der Waals surface area contributed by atoms with Gasteiger partial charge in [0.15, 0.2) is 0 Å². The first kappa shape index (κ1) is 16.7. The zero-order chi connectivity index (χ0) is 17.8. The fourth-order valence-corrected chi connectivity index (χ4v) is 3.12. The number of benzene rings is 1. The molecule has 25 heavy (non-hydrogen) atoms. The molecule has 0 unspecified atom stereocenters. The van der Waals surface area contributed by atoms with Gasteiger partial charge in [-0.3, -0.25) is 19.9 Å². The molecule has 3 rings (SSSR count). The smallest absolute Gasteiger partial charge is 0.273 e. The normalized spacial score (nSPS) is 10.4. The first-order valence-electron chi connectivity index (χ1n) is 7.44. The van der Waals surface area contributed by atoms with Crippen LogP contribution in [0.1, 0.15) is 21.6 Å². The molecule has 8 heteroatoms. The van der Waals surface area contributed by atoms with Crippen molar-refractivity contribution in [3.8, 4) is 10.7 Å². The number of amides is 1. The van der Waals surface area contributed by atoms with Crippen molar-refractivity contribution in [2.75, 3.05) is 0 Å². The summed E-state index contributed by atoms with van der Waals surface area (Å²) in [5.41, 5.74) is 2.05. The molecular weight excluding hydrogens is 340 g/mol. The third kappa shape index (κ3) is 3.69. The first-order chi connectivity index (χ1) is 12.1. The molecule has 126 valence electrons. The molecular formula is C17H14N4O3S. The van der Waals surface area contributed by atoms with E-state index in [0.29, 0.717) is 11.3 Å². The van der Waals surface area contributed by atoms with Gasteiger partial charge >= 0.3 is 0 Å². The number of nitro groups is 1. The van der Waals surface area contributed by atoms with Crippen LogP contribution in [0.3, 0.4) is 0 Å². The maximum Gasteiger partial charge on any atom is 0.273 e. The van der Waals surface area contributed by atoms with Crippen molar-refractivity contribution in [1.82, 2.24) is 15.3 Å². The van der Waals surface area contributed by atoms with Gasteiger partial charge in [0.25, 0.3) is 11.6 Å². The second-order valence-electron chi connectivity index (χ2n) is 5.25. The number of carbonyl (C=O) groups is 1. The molecule has 2 heterocycles. The monoisotopic (exact) mass is 354 g/mol. The van der Waals surface area contributed by atoms with Gasteiger partial charge in [-0.15, -0.1) is 11.3 Å². The van der Waals surface area contributed by atoms with Crippen molar-refractivity contribution < 1.29 is 9.72 Å². The van der Waals surface area contributed by atoms with Gasteiger partial charge in [0.2, 0.25) is 0 Å². The van der Waals surface area contributed by atoms with Crippen molar-refractivity contribution in [3.63, 3.8) is 0 Å². The predicted molar refractivity (Wildman–Crippen MR) is 94.3 cm³/mol. The van der Waals surface area contributed by atoms with Gasteiger partial charge in [-0.25, -0.2) is 4.98 Å². The number of hydrogen-bond acceptors (Lipinski definition) is 6. The molecule has 0 saturated carbocycles. The molecule has 0 aliphatic heterocycles. The Morgan fingerprint density at radius 1 is 1.28 bits per heavy atom. The summed E-state index contributed by atoms with van der Waals surface area (Å²) in [6.07, 6.45) is 1.70. The summed E-state index contributed by atoms with van der Waals surface area (Å²) in [5, 5.41) is 16.3. The lowest BCUT2D eigenvalue weighted by atomic mass is 10.1. The van der Waals surface area contributed by atoms with Crippen molar-refractivity contribution in [1.29, 1.82) is 0 Å². The molecule has 0 saturated heterocycles. The topological polar surface area (TPSA) is 98.0 Å². The van der Waals surface area contributed by atoms with Crippen molar-refractivity contribution in [2.24, 2.45) is 0 Å². The molecule has 0 aliphatic carbocycles. The highest BCUT2D eigenvalue weighted by atomic mass is 32.1. The summed E-state index contributed by atoms with van der Waals surface area (Å²) in [5.74, 6) is -0.367. The molecule has 1 amide bonds. The van der Waals surface area contributed by atoms with Crippen LogP contribution in [-0.4, -0.2) is 20.8 Å². The van der Waals surface area contributed by atoms with E-state index in [-0.39, 0.29) is 23.7 Å². The van der Waals surface area contributed by atoms with E-state index in [4.69, 9.17) is 0 Å². The SMILES string of the molecule is Cc1c(C(=O)NCc2csc(-c3ccccn3)n2)cccc1[N+](=O)[O-]. The summed E-state index contributed by atoms with van der Waals surface area (Å²) in [6, 6.07) is 10.0. The van der Waals surface area contributed by atoms with Gasteiger partial charge < -0.3 is 5.32 Å². The second kappa shape index (κ2) is 7.18. The van der Waals surface area contributed by atoms with Crippen LogP contribution in [0.2, 0.25) is 0 Å². The fourth-order valence-electron chi connectivity index (χ4n) is 2.33. The van der Waals surface area contributed by atoms with Crippen LogP contribution < -0.4 is 5.32 Å². The lowest BCUT2D eigenvalue weighted by molar-refractivity contribution is -0.385. The van der Waals surface area contributed by atoms with Gasteiger partial charge in [0, 0.05) is 28.8 Å². The number of carbonyl (C=O) groups excluding carboxylic acids is 1. The maximum absolute atomic E-state index is 12.3. The Bertz CT molecular complexity index is 925. The van der Waals surface area contributed by atoms with Gasteiger partial charge in [-0.05, 0) is 25.1 Å². The van der Waals surface area contributed by atoms with E-state index in [1.807, 2.05) is 23.6 Å². The van der Waals surface area contributed by atoms with E-state index in [1.54, 1.807) is 19.2 Å². The first-order valence-corrected chi connectivity index (χ1v) is 8.32. The fraction of sp³-hybridized carbons (Fsp3) is 0.118. The Morgan fingerprint density at radius 3 is 2.84 bits per heavy atom. The highest BCUT2D eigenvalue weighted by molar-refractivity contribution is 7.13. The minimum atomic E-state index is -0.494. The van der Waals surface area contributed by atoms with Crippen LogP contribution in [0.15, 0.2) is 48.0 Å². The quantitative estimate of drug-likeness (QED) is 0.560. The summed E-state index contributed by atoms with van der Waals surface area (Å²) < 4.78 is 0. The van der Waals surface area contributed by atoms with Gasteiger partial charge in [-0.2, -0.15) is 0 Å². The van der Waals surface area contributed by atoms with Crippen LogP contribution in [0.25, 0.3) is 10.7 Å². The number of pyridine rings is 1. The molecule has 0 fully saturated rings. The Labute approximate surface area is 147 Å². The number of nitro benzene ring substituents is 1. The molecule has 2 aromatic heterocycles. The predicted octanol–water partition coefficient (Wildman–Crippen LogP) is 3.35. The zero-order valence-corrected chi connectivity index (χ0v) is 14.1. The number of hydrogen-bond donors (Lipinski definition) is 1. The molecule has 0 radical (unpaired) electrons. The molecule has 3 aromatic rings. The molecule has 7 nitrogen and oxygen atoms in total. The van der Waals surface area contributed by atoms with Crippen LogP contribution in [0.5, 0.6) is 0 Å². The number of rotatable bonds is 5. The molecule has 0 atom stereocenters. The average molecular weight is 354 g/mol. The Kier molecular flexibility index (Phi) is 4.80. The van der Waals surface area contributed by atoms with Crippen LogP contribution in [-0.2, 0) is 6.54 Å². The van der Waals surface area contributed by atoms with Crippen molar-refractivity contribution in [2.45, 2.75) is 13.5 Å². The molecule has 0 spiro atoms. The average Bonchev–Trinajstić information content (AvgIpc) is 3.09. The second-order valence-corrected chi connectivity index (χ2v) is 6.11. The zero-order valence-electron chi connectivity index (χ0n) is 13.3. The molecule has 1 aromatic carbocycles. The molecule has 1 N–H and O–H groups in total. The number of nitrogens with one attached hydrogen (secondary N) is 1. The van der Waals surface area contributed by atoms with Crippen LogP contribution in [0.4, 0.5) is 5.69 Å². The molecule has 0 aliphatic rings. The third-order valence-corrected chi connectivity index (χ3v) is 4.53. The van der Waals surface area contributed by atoms with E-state index in [1.165, 1.54) is 23.5 Å². The third-order valence-electron chi connectivity index (χ3n) is 3.61. The standard InChI is InChI=1S/C17H14N4O3S/c1-11-13(5-4-7-15(11)21(23)24)16(22)19-9-12-10-25-17(20-12)14-6-2-3-8-18-14/h2-8,10H,9H2,1H3,(H,19,22). The maximum atomic E-state index is 12.3. The largest absolute Gasteiger partial charge is 0.346 e. The van der Waals surface area contributed by atoms with Gasteiger partial charge in [0.1, 0.15) is 5.01 Å². The van der Waals surface area contributed by atoms with Crippen LogP contribution >= 0.6 is 11.3 Å². The number of thiazole rings is 1. The summed E-state index contributed by atoms with van der Waals surface area (Å²) in [4.78, 5) is 31.5. The van der Waals surface area contributed by atoms with Gasteiger partial charge in [0.05, 0.1) is 22.9 Å². The van der Waals surface area contributed by atoms with E-state index in [0.717, 1.165) is 10.7 Å². The van der Waals surface area contributed by atoms with Crippen molar-refractivity contribution in [3.05, 3.63) is 74.9 Å². The molecule has 0 bridgehead atoms. The lowest BCUT2D eigenvalue weighted by Gasteiger charge is -2.06. The van der Waals surface area contributed by atoms with E-state index in [2.05, 4.69) is 15.3 Å². The van der Waals surface area contributed by atoms with E-state index < -0.39 is 4.92 Å². The minimum absolute atomic E-state index is 0.0706. The lowest BCUT2D eigenvalue weighted by Crippen LogP contribution is -2.24. The highest BCUT2D eigenvalue weighted by Crippen LogP contribution is 2.22. The summed E-state index contributed by atoms with van der Waals surface area (Å²) in [7, 11) is 0. The Hall–Kier alpha value is -3.13. The Morgan fingerprint density at radius 2 is 2.12 bits per heavy atom. The summed E-state index contributed by atoms with van der Waals surface area (Å²) >= 11 is 1.45. The van der Waals surface area contributed by atoms with Crippen LogP contribution in [0, 0.1) is 17.0 Å². The minimum Gasteiger partial charge on any atom is -0.346 e. The summed E-state index contributed by atoms with van der Waals surface area (Å²) in [6.45, 7) is 1.80. The van der Waals surface area contributed by atoms with E-state index >= 15 is 0 Å².